The predicted molar refractivity (Wildman–Crippen MR) is 107 cm³/mol. The monoisotopic (exact) mass is 441 g/mol. The number of Topliss-reactive ketones (excluding diaryl/α,β-unsaturated/α-hetero) is 1. The van der Waals surface area contributed by atoms with Gasteiger partial charge in [-0.2, -0.15) is 0 Å². The van der Waals surface area contributed by atoms with Gasteiger partial charge in [0.25, 0.3) is 0 Å². The van der Waals surface area contributed by atoms with Crippen molar-refractivity contribution in [3.8, 4) is 0 Å². The van der Waals surface area contributed by atoms with Gasteiger partial charge >= 0.3 is 17.9 Å². The molecule has 2 aliphatic heterocycles. The first-order valence-corrected chi connectivity index (χ1v) is 10.2. The number of hydrogen-bond acceptors (Lipinski definition) is 10. The summed E-state index contributed by atoms with van der Waals surface area (Å²) in [7, 11) is 1.81. The van der Waals surface area contributed by atoms with E-state index in [1.54, 1.807) is 6.08 Å². The van der Waals surface area contributed by atoms with Crippen LogP contribution in [-0.4, -0.2) is 89.0 Å². The maximum atomic E-state index is 13.0. The zero-order chi connectivity index (χ0) is 23.6. The van der Waals surface area contributed by atoms with Gasteiger partial charge in [0.1, 0.15) is 6.61 Å². The normalized spacial score (nSPS) is 34.7. The van der Waals surface area contributed by atoms with Crippen LogP contribution in [0.15, 0.2) is 11.6 Å². The Morgan fingerprint density at radius 2 is 1.97 bits per heavy atom. The Hall–Kier alpha value is -2.30. The molecule has 31 heavy (non-hydrogen) atoms. The first-order chi connectivity index (χ1) is 14.3. The highest BCUT2D eigenvalue weighted by atomic mass is 16.6. The summed E-state index contributed by atoms with van der Waals surface area (Å²) in [6.07, 6.45) is -1.53. The molecule has 2 rings (SSSR count). The minimum atomic E-state index is -2.45. The molecular weight excluding hydrogens is 410 g/mol. The Bertz CT molecular complexity index is 777. The van der Waals surface area contributed by atoms with Crippen molar-refractivity contribution in [3.05, 3.63) is 11.6 Å². The second-order valence-corrected chi connectivity index (χ2v) is 8.52. The number of esters is 3. The van der Waals surface area contributed by atoms with Crippen LogP contribution in [0.1, 0.15) is 40.5 Å². The molecule has 2 bridgehead atoms. The molecule has 10 nitrogen and oxygen atoms in total. The van der Waals surface area contributed by atoms with Gasteiger partial charge in [0, 0.05) is 37.9 Å². The largest absolute Gasteiger partial charge is 0.458 e. The van der Waals surface area contributed by atoms with Crippen molar-refractivity contribution in [2.24, 2.45) is 5.92 Å². The van der Waals surface area contributed by atoms with E-state index in [0.717, 1.165) is 6.92 Å². The van der Waals surface area contributed by atoms with E-state index in [0.29, 0.717) is 13.1 Å². The lowest BCUT2D eigenvalue weighted by Gasteiger charge is -2.39. The molecule has 0 aromatic heterocycles. The molecule has 174 valence electrons. The van der Waals surface area contributed by atoms with Gasteiger partial charge in [-0.3, -0.25) is 9.59 Å². The molecular formula is C21H31NO9. The average Bonchev–Trinajstić information content (AvgIpc) is 2.67. The molecule has 0 unspecified atom stereocenters. The van der Waals surface area contributed by atoms with Crippen LogP contribution in [0.2, 0.25) is 0 Å². The summed E-state index contributed by atoms with van der Waals surface area (Å²) in [6, 6.07) is 0. The number of ketones is 1. The van der Waals surface area contributed by atoms with Crippen molar-refractivity contribution in [1.82, 2.24) is 4.90 Å². The summed E-state index contributed by atoms with van der Waals surface area (Å²) in [5.74, 6) is -4.39. The minimum absolute atomic E-state index is 0.122. The number of ether oxygens (including phenoxy) is 3. The number of fused-ring (bicyclic) bond motifs is 2. The third kappa shape index (κ3) is 5.31. The van der Waals surface area contributed by atoms with E-state index in [-0.39, 0.29) is 18.6 Å². The maximum absolute atomic E-state index is 13.0. The number of carbonyl (C=O) groups excluding carboxylic acids is 4. The summed E-state index contributed by atoms with van der Waals surface area (Å²) in [4.78, 5) is 52.4. The van der Waals surface area contributed by atoms with Crippen LogP contribution in [0.25, 0.3) is 0 Å². The summed E-state index contributed by atoms with van der Waals surface area (Å²) in [5, 5.41) is 21.2. The van der Waals surface area contributed by atoms with Crippen LogP contribution in [-0.2, 0) is 33.4 Å². The number of aliphatic hydroxyl groups excluding tert-OH is 1. The number of carbonyl (C=O) groups is 4. The van der Waals surface area contributed by atoms with Crippen molar-refractivity contribution in [2.75, 3.05) is 26.7 Å². The van der Waals surface area contributed by atoms with Crippen LogP contribution in [0, 0.1) is 5.92 Å². The SMILES string of the molecule is CC(=O)O[C@]1(C)C(=O)OCC2=CCN(C)CC[C@@H](OC(=O)[C@@](O)([C@H](C)O)C[C@H]1C)C2=O. The molecule has 0 amide bonds. The Kier molecular flexibility index (Phi) is 7.61. The lowest BCUT2D eigenvalue weighted by Crippen LogP contribution is -2.57. The standard InChI is InChI=1S/C21H31NO9/c1-12-10-21(28,13(2)23)19(27)30-16-7-9-22(5)8-6-15(17(16)25)11-29-18(26)20(12,4)31-14(3)24/h6,12-13,16,23,28H,7-11H2,1-5H3/t12-,13+,16-,20+,21+/m1/s1. The molecule has 5 atom stereocenters. The molecule has 0 saturated carbocycles. The molecule has 2 heterocycles. The summed E-state index contributed by atoms with van der Waals surface area (Å²) in [5.41, 5.74) is -4.20. The summed E-state index contributed by atoms with van der Waals surface area (Å²) in [6.45, 7) is 5.55. The van der Waals surface area contributed by atoms with Gasteiger partial charge in [0.05, 0.1) is 6.10 Å². The first-order valence-electron chi connectivity index (χ1n) is 10.2. The van der Waals surface area contributed by atoms with Gasteiger partial charge in [-0.1, -0.05) is 13.0 Å². The van der Waals surface area contributed by atoms with Crippen molar-refractivity contribution < 1.29 is 43.6 Å². The van der Waals surface area contributed by atoms with Crippen molar-refractivity contribution in [3.63, 3.8) is 0 Å². The van der Waals surface area contributed by atoms with Crippen LogP contribution < -0.4 is 0 Å². The second kappa shape index (κ2) is 9.46. The van der Waals surface area contributed by atoms with Gasteiger partial charge in [0.15, 0.2) is 11.7 Å². The molecule has 2 N–H and O–H groups in total. The van der Waals surface area contributed by atoms with Crippen molar-refractivity contribution in [1.29, 1.82) is 0 Å². The fraction of sp³-hybridized carbons (Fsp3) is 0.714. The molecule has 0 aromatic carbocycles. The highest BCUT2D eigenvalue weighted by Crippen LogP contribution is 2.34. The summed E-state index contributed by atoms with van der Waals surface area (Å²) < 4.78 is 16.0. The van der Waals surface area contributed by atoms with Crippen LogP contribution >= 0.6 is 0 Å². The van der Waals surface area contributed by atoms with Gasteiger partial charge < -0.3 is 29.3 Å². The second-order valence-electron chi connectivity index (χ2n) is 8.52. The molecule has 0 aliphatic carbocycles. The van der Waals surface area contributed by atoms with Crippen molar-refractivity contribution >= 4 is 23.7 Å². The van der Waals surface area contributed by atoms with Crippen LogP contribution in [0.5, 0.6) is 0 Å². The van der Waals surface area contributed by atoms with Crippen LogP contribution in [0.4, 0.5) is 0 Å². The summed E-state index contributed by atoms with van der Waals surface area (Å²) >= 11 is 0. The topological polar surface area (TPSA) is 140 Å². The first kappa shape index (κ1) is 25.0. The zero-order valence-corrected chi connectivity index (χ0v) is 18.5. The molecule has 0 aromatic rings. The average molecular weight is 441 g/mol. The fourth-order valence-corrected chi connectivity index (χ4v) is 3.62. The molecule has 1 fully saturated rings. The van der Waals surface area contributed by atoms with E-state index >= 15 is 0 Å². The maximum Gasteiger partial charge on any atom is 0.350 e. The number of nitrogens with zero attached hydrogens (tertiary/aromatic N) is 1. The lowest BCUT2D eigenvalue weighted by atomic mass is 9.78. The Balaban J connectivity index is 2.56. The number of rotatable bonds is 2. The quantitative estimate of drug-likeness (QED) is 0.435. The smallest absolute Gasteiger partial charge is 0.350 e. The number of aliphatic hydroxyl groups is 2. The van der Waals surface area contributed by atoms with E-state index in [1.807, 2.05) is 11.9 Å². The molecule has 10 heteroatoms. The van der Waals surface area contributed by atoms with Gasteiger partial charge in [-0.15, -0.1) is 0 Å². The highest BCUT2D eigenvalue weighted by Gasteiger charge is 2.53. The molecule has 1 saturated heterocycles. The number of hydrogen-bond donors (Lipinski definition) is 2. The number of cyclic esters (lactones) is 1. The Morgan fingerprint density at radius 3 is 2.55 bits per heavy atom. The minimum Gasteiger partial charge on any atom is -0.458 e. The Morgan fingerprint density at radius 1 is 1.32 bits per heavy atom. The van der Waals surface area contributed by atoms with E-state index in [2.05, 4.69) is 0 Å². The molecule has 0 spiro atoms. The number of likely N-dealkylation sites (N-methyl/N-ethyl adjacent to an activating group) is 1. The van der Waals surface area contributed by atoms with E-state index in [1.165, 1.54) is 20.8 Å². The van der Waals surface area contributed by atoms with Gasteiger partial charge in [-0.25, -0.2) is 9.59 Å². The third-order valence-electron chi connectivity index (χ3n) is 6.00. The third-order valence-corrected chi connectivity index (χ3v) is 6.00. The zero-order valence-electron chi connectivity index (χ0n) is 18.5. The Labute approximate surface area is 181 Å². The predicted octanol–water partition coefficient (Wildman–Crippen LogP) is -0.254. The lowest BCUT2D eigenvalue weighted by molar-refractivity contribution is -0.199. The molecule has 2 aliphatic rings. The van der Waals surface area contributed by atoms with E-state index in [4.69, 9.17) is 14.2 Å². The van der Waals surface area contributed by atoms with Gasteiger partial charge in [0.2, 0.25) is 11.4 Å². The highest BCUT2D eigenvalue weighted by molar-refractivity contribution is 6.01. The fourth-order valence-electron chi connectivity index (χ4n) is 3.62. The van der Waals surface area contributed by atoms with E-state index in [9.17, 15) is 29.4 Å². The van der Waals surface area contributed by atoms with Gasteiger partial charge in [-0.05, 0) is 27.3 Å². The molecule has 0 radical (unpaired) electrons. The van der Waals surface area contributed by atoms with Crippen LogP contribution in [0.3, 0.4) is 0 Å². The van der Waals surface area contributed by atoms with Crippen molar-refractivity contribution in [2.45, 2.75) is 63.9 Å². The van der Waals surface area contributed by atoms with E-state index < -0.39 is 59.4 Å².